The highest BCUT2D eigenvalue weighted by Gasteiger charge is 2.50. The van der Waals surface area contributed by atoms with Crippen molar-refractivity contribution >= 4 is 16.1 Å². The summed E-state index contributed by atoms with van der Waals surface area (Å²) in [5.41, 5.74) is -7.39. The summed E-state index contributed by atoms with van der Waals surface area (Å²) in [6.07, 6.45) is -1.59. The highest BCUT2D eigenvalue weighted by atomic mass is 32.2. The number of fused-ring (bicyclic) bond motifs is 3. The van der Waals surface area contributed by atoms with E-state index in [9.17, 15) is 31.2 Å². The Labute approximate surface area is 144 Å². The number of aromatic nitrogens is 1. The van der Waals surface area contributed by atoms with Crippen LogP contribution in [0.15, 0.2) is 10.9 Å². The van der Waals surface area contributed by atoms with Crippen molar-refractivity contribution in [2.45, 2.75) is 31.2 Å². The SMILES string of the molecule is CCOC(=O)c1c(OS(=O)(=O)C(F)(F)F)cc(=O)n2c1C1OCOC1C2. The minimum Gasteiger partial charge on any atom is -0.462 e. The van der Waals surface area contributed by atoms with Gasteiger partial charge in [0.15, 0.2) is 5.75 Å². The third-order valence-corrected chi connectivity index (χ3v) is 4.74. The van der Waals surface area contributed by atoms with Gasteiger partial charge in [-0.3, -0.25) is 4.79 Å². The van der Waals surface area contributed by atoms with Gasteiger partial charge in [-0.1, -0.05) is 0 Å². The van der Waals surface area contributed by atoms with Gasteiger partial charge in [0.25, 0.3) is 5.56 Å². The Morgan fingerprint density at radius 2 is 2.08 bits per heavy atom. The summed E-state index contributed by atoms with van der Waals surface area (Å²) >= 11 is 0. The Morgan fingerprint density at radius 3 is 2.69 bits per heavy atom. The number of carbonyl (C=O) groups excluding carboxylic acids is 1. The summed E-state index contributed by atoms with van der Waals surface area (Å²) in [4.78, 5) is 24.4. The fraction of sp³-hybridized carbons (Fsp3) is 0.538. The van der Waals surface area contributed by atoms with E-state index in [1.54, 1.807) is 0 Å². The Balaban J connectivity index is 2.19. The van der Waals surface area contributed by atoms with Gasteiger partial charge >= 0.3 is 21.6 Å². The lowest BCUT2D eigenvalue weighted by Gasteiger charge is -2.17. The summed E-state index contributed by atoms with van der Waals surface area (Å²) in [5, 5.41) is 0. The minimum absolute atomic E-state index is 0.0163. The van der Waals surface area contributed by atoms with E-state index in [-0.39, 0.29) is 25.6 Å². The van der Waals surface area contributed by atoms with E-state index in [4.69, 9.17) is 14.2 Å². The van der Waals surface area contributed by atoms with E-state index in [1.807, 2.05) is 0 Å². The van der Waals surface area contributed by atoms with Crippen LogP contribution in [0, 0.1) is 0 Å². The second-order valence-corrected chi connectivity index (χ2v) is 6.87. The van der Waals surface area contributed by atoms with E-state index in [0.29, 0.717) is 6.07 Å². The second kappa shape index (κ2) is 6.25. The van der Waals surface area contributed by atoms with Crippen molar-refractivity contribution in [3.8, 4) is 5.75 Å². The van der Waals surface area contributed by atoms with E-state index in [1.165, 1.54) is 6.92 Å². The molecule has 1 saturated heterocycles. The summed E-state index contributed by atoms with van der Waals surface area (Å²) in [5.74, 6) is -2.23. The van der Waals surface area contributed by atoms with Crippen LogP contribution in [0.4, 0.5) is 13.2 Å². The van der Waals surface area contributed by atoms with Crippen LogP contribution in [0.5, 0.6) is 5.75 Å². The molecule has 2 aliphatic rings. The van der Waals surface area contributed by atoms with Crippen molar-refractivity contribution in [2.75, 3.05) is 13.4 Å². The van der Waals surface area contributed by atoms with Gasteiger partial charge < -0.3 is 23.0 Å². The molecule has 2 unspecified atom stereocenters. The molecule has 2 aliphatic heterocycles. The molecule has 1 aromatic heterocycles. The molecule has 0 N–H and O–H groups in total. The van der Waals surface area contributed by atoms with Crippen LogP contribution in [0.1, 0.15) is 29.1 Å². The van der Waals surface area contributed by atoms with Gasteiger partial charge in [0, 0.05) is 6.07 Å². The molecule has 1 fully saturated rings. The molecule has 3 heterocycles. The first-order valence-electron chi connectivity index (χ1n) is 7.25. The van der Waals surface area contributed by atoms with E-state index >= 15 is 0 Å². The van der Waals surface area contributed by atoms with Gasteiger partial charge in [-0.25, -0.2) is 4.79 Å². The largest absolute Gasteiger partial charge is 0.534 e. The maximum Gasteiger partial charge on any atom is 0.534 e. The van der Waals surface area contributed by atoms with Crippen molar-refractivity contribution in [3.05, 3.63) is 27.7 Å². The zero-order valence-corrected chi connectivity index (χ0v) is 13.9. The summed E-state index contributed by atoms with van der Waals surface area (Å²) < 4.78 is 80.9. The van der Waals surface area contributed by atoms with Crippen molar-refractivity contribution in [3.63, 3.8) is 0 Å². The first-order chi connectivity index (χ1) is 12.1. The molecule has 0 aliphatic carbocycles. The highest BCUT2D eigenvalue weighted by Crippen LogP contribution is 2.40. The fourth-order valence-corrected chi connectivity index (χ4v) is 3.21. The predicted molar refractivity (Wildman–Crippen MR) is 75.8 cm³/mol. The summed E-state index contributed by atoms with van der Waals surface area (Å²) in [6.45, 7) is 1.13. The zero-order valence-electron chi connectivity index (χ0n) is 13.1. The van der Waals surface area contributed by atoms with Crippen molar-refractivity contribution in [1.82, 2.24) is 4.57 Å². The normalized spacial score (nSPS) is 22.0. The van der Waals surface area contributed by atoms with E-state index in [0.717, 1.165) is 4.57 Å². The van der Waals surface area contributed by atoms with Crippen molar-refractivity contribution < 1.29 is 44.8 Å². The van der Waals surface area contributed by atoms with Gasteiger partial charge in [0.1, 0.15) is 24.6 Å². The lowest BCUT2D eigenvalue weighted by Crippen LogP contribution is -2.31. The molecular weight excluding hydrogens is 387 g/mol. The third kappa shape index (κ3) is 2.95. The Bertz CT molecular complexity index is 907. The molecule has 26 heavy (non-hydrogen) atoms. The Kier molecular flexibility index (Phi) is 4.48. The fourth-order valence-electron chi connectivity index (χ4n) is 2.74. The van der Waals surface area contributed by atoms with E-state index < -0.39 is 50.7 Å². The van der Waals surface area contributed by atoms with Crippen LogP contribution in [0.25, 0.3) is 0 Å². The Morgan fingerprint density at radius 1 is 1.38 bits per heavy atom. The molecule has 13 heteroatoms. The molecule has 0 spiro atoms. The number of ether oxygens (including phenoxy) is 3. The van der Waals surface area contributed by atoms with Gasteiger partial charge in [-0.05, 0) is 6.92 Å². The topological polar surface area (TPSA) is 110 Å². The van der Waals surface area contributed by atoms with Crippen LogP contribution in [-0.4, -0.2) is 44.0 Å². The number of rotatable bonds is 4. The molecule has 9 nitrogen and oxygen atoms in total. The van der Waals surface area contributed by atoms with Gasteiger partial charge in [0.05, 0.1) is 18.8 Å². The highest BCUT2D eigenvalue weighted by molar-refractivity contribution is 7.88. The Hall–Kier alpha value is -2.12. The molecular formula is C13H12F3NO8S. The van der Waals surface area contributed by atoms with E-state index in [2.05, 4.69) is 4.18 Å². The average Bonchev–Trinajstić information content (AvgIpc) is 3.08. The number of carbonyl (C=O) groups is 1. The number of halogens is 3. The van der Waals surface area contributed by atoms with Gasteiger partial charge in [-0.15, -0.1) is 0 Å². The lowest BCUT2D eigenvalue weighted by atomic mass is 10.1. The summed E-state index contributed by atoms with van der Waals surface area (Å²) in [7, 11) is -6.11. The van der Waals surface area contributed by atoms with Gasteiger partial charge in [0.2, 0.25) is 0 Å². The molecule has 1 aromatic rings. The monoisotopic (exact) mass is 399 g/mol. The number of nitrogens with zero attached hydrogens (tertiary/aromatic N) is 1. The summed E-state index contributed by atoms with van der Waals surface area (Å²) in [6, 6.07) is 0.486. The second-order valence-electron chi connectivity index (χ2n) is 5.33. The van der Waals surface area contributed by atoms with Crippen molar-refractivity contribution in [2.24, 2.45) is 0 Å². The molecule has 0 bridgehead atoms. The number of pyridine rings is 1. The average molecular weight is 399 g/mol. The quantitative estimate of drug-likeness (QED) is 0.413. The van der Waals surface area contributed by atoms with Crippen LogP contribution >= 0.6 is 0 Å². The molecule has 2 atom stereocenters. The maximum absolute atomic E-state index is 12.6. The van der Waals surface area contributed by atoms with Crippen molar-refractivity contribution in [1.29, 1.82) is 0 Å². The molecule has 0 radical (unpaired) electrons. The third-order valence-electron chi connectivity index (χ3n) is 3.78. The molecule has 0 aromatic carbocycles. The predicted octanol–water partition coefficient (Wildman–Crippen LogP) is 0.681. The first kappa shape index (κ1) is 18.7. The van der Waals surface area contributed by atoms with Crippen LogP contribution in [-0.2, 0) is 30.9 Å². The molecule has 144 valence electrons. The van der Waals surface area contributed by atoms with Gasteiger partial charge in [-0.2, -0.15) is 21.6 Å². The standard InChI is InChI=1S/C13H12F3NO8S/c1-2-22-12(19)9-6(25-26(20,21)13(14,15)16)3-8(18)17-4-7-11(10(9)17)24-5-23-7/h3,7,11H,2,4-5H2,1H3. The minimum atomic E-state index is -6.11. The molecule has 0 saturated carbocycles. The zero-order chi connectivity index (χ0) is 19.3. The number of esters is 1. The van der Waals surface area contributed by atoms with Crippen LogP contribution in [0.3, 0.4) is 0 Å². The smallest absolute Gasteiger partial charge is 0.462 e. The lowest BCUT2D eigenvalue weighted by molar-refractivity contribution is -0.0500. The number of alkyl halides is 3. The van der Waals surface area contributed by atoms with Crippen LogP contribution < -0.4 is 9.74 Å². The van der Waals surface area contributed by atoms with Crippen LogP contribution in [0.2, 0.25) is 0 Å². The maximum atomic E-state index is 12.6. The number of hydrogen-bond acceptors (Lipinski definition) is 8. The number of hydrogen-bond donors (Lipinski definition) is 0. The first-order valence-corrected chi connectivity index (χ1v) is 8.66. The molecule has 3 rings (SSSR count). The molecule has 0 amide bonds.